The van der Waals surface area contributed by atoms with Crippen LogP contribution in [0.25, 0.3) is 11.3 Å². The second-order valence-corrected chi connectivity index (χ2v) is 3.64. The number of benzene rings is 1. The monoisotopic (exact) mass is 270 g/mol. The van der Waals surface area contributed by atoms with E-state index in [2.05, 4.69) is 25.9 Å². The quantitative estimate of drug-likeness (QED) is 0.744. The molecule has 76 valence electrons. The van der Waals surface area contributed by atoms with Gasteiger partial charge in [0.2, 0.25) is 0 Å². The van der Waals surface area contributed by atoms with Gasteiger partial charge in [0.1, 0.15) is 10.9 Å². The molecule has 2 nitrogen and oxygen atoms in total. The average molecular weight is 271 g/mol. The summed E-state index contributed by atoms with van der Waals surface area (Å²) in [5.41, 5.74) is 0.465. The zero-order chi connectivity index (χ0) is 10.8. The second kappa shape index (κ2) is 4.02. The van der Waals surface area contributed by atoms with E-state index in [1.54, 1.807) is 0 Å². The van der Waals surface area contributed by atoms with E-state index in [0.717, 1.165) is 6.07 Å². The SMILES string of the molecule is Fc1cccc(-c2cc(Br)ncn2)c1F. The fourth-order valence-electron chi connectivity index (χ4n) is 1.18. The Hall–Kier alpha value is -1.36. The molecular formula is C10H5BrF2N2. The number of hydrogen-bond acceptors (Lipinski definition) is 2. The molecule has 0 amide bonds. The van der Waals surface area contributed by atoms with Crippen molar-refractivity contribution < 1.29 is 8.78 Å². The van der Waals surface area contributed by atoms with Crippen LogP contribution in [0.2, 0.25) is 0 Å². The third kappa shape index (κ3) is 2.02. The highest BCUT2D eigenvalue weighted by Gasteiger charge is 2.10. The minimum absolute atomic E-state index is 0.123. The Bertz CT molecular complexity index is 503. The molecule has 0 radical (unpaired) electrons. The summed E-state index contributed by atoms with van der Waals surface area (Å²) in [4.78, 5) is 7.67. The highest BCUT2D eigenvalue weighted by molar-refractivity contribution is 9.10. The summed E-state index contributed by atoms with van der Waals surface area (Å²) >= 11 is 3.14. The van der Waals surface area contributed by atoms with Gasteiger partial charge in [-0.05, 0) is 34.1 Å². The Kier molecular flexibility index (Phi) is 2.73. The summed E-state index contributed by atoms with van der Waals surface area (Å²) in [6.45, 7) is 0. The van der Waals surface area contributed by atoms with E-state index >= 15 is 0 Å². The van der Waals surface area contributed by atoms with Crippen molar-refractivity contribution in [2.75, 3.05) is 0 Å². The van der Waals surface area contributed by atoms with E-state index in [-0.39, 0.29) is 5.56 Å². The molecule has 0 spiro atoms. The minimum Gasteiger partial charge on any atom is -0.236 e. The molecule has 5 heteroatoms. The van der Waals surface area contributed by atoms with Crippen molar-refractivity contribution >= 4 is 15.9 Å². The Morgan fingerprint density at radius 3 is 2.67 bits per heavy atom. The number of halogens is 3. The van der Waals surface area contributed by atoms with Gasteiger partial charge >= 0.3 is 0 Å². The normalized spacial score (nSPS) is 10.3. The molecule has 0 bridgehead atoms. The fourth-order valence-corrected chi connectivity index (χ4v) is 1.49. The predicted molar refractivity (Wildman–Crippen MR) is 55.1 cm³/mol. The smallest absolute Gasteiger partial charge is 0.168 e. The summed E-state index contributed by atoms with van der Waals surface area (Å²) < 4.78 is 26.8. The first kappa shape index (κ1) is 10.2. The van der Waals surface area contributed by atoms with Crippen molar-refractivity contribution in [2.45, 2.75) is 0 Å². The lowest BCUT2D eigenvalue weighted by molar-refractivity contribution is 0.511. The summed E-state index contributed by atoms with van der Waals surface area (Å²) in [5, 5.41) is 0. The van der Waals surface area contributed by atoms with E-state index in [1.807, 2.05) is 0 Å². The maximum absolute atomic E-state index is 13.4. The fraction of sp³-hybridized carbons (Fsp3) is 0. The molecular weight excluding hydrogens is 266 g/mol. The van der Waals surface area contributed by atoms with Crippen LogP contribution in [0, 0.1) is 11.6 Å². The molecule has 0 atom stereocenters. The van der Waals surface area contributed by atoms with Gasteiger partial charge in [0.25, 0.3) is 0 Å². The van der Waals surface area contributed by atoms with Gasteiger partial charge in [-0.1, -0.05) is 6.07 Å². The molecule has 15 heavy (non-hydrogen) atoms. The van der Waals surface area contributed by atoms with Crippen LogP contribution in [-0.4, -0.2) is 9.97 Å². The first-order valence-corrected chi connectivity index (χ1v) is 4.89. The highest BCUT2D eigenvalue weighted by atomic mass is 79.9. The van der Waals surface area contributed by atoms with Crippen LogP contribution in [0.1, 0.15) is 0 Å². The lowest BCUT2D eigenvalue weighted by Gasteiger charge is -2.02. The van der Waals surface area contributed by atoms with Crippen LogP contribution < -0.4 is 0 Å². The van der Waals surface area contributed by atoms with E-state index < -0.39 is 11.6 Å². The molecule has 1 aromatic carbocycles. The first-order valence-electron chi connectivity index (χ1n) is 4.10. The third-order valence-electron chi connectivity index (χ3n) is 1.86. The number of nitrogens with zero attached hydrogens (tertiary/aromatic N) is 2. The van der Waals surface area contributed by atoms with Gasteiger partial charge in [0.05, 0.1) is 5.69 Å². The van der Waals surface area contributed by atoms with Crippen LogP contribution in [0.3, 0.4) is 0 Å². The number of rotatable bonds is 1. The molecule has 2 aromatic rings. The van der Waals surface area contributed by atoms with Gasteiger partial charge in [-0.2, -0.15) is 0 Å². The van der Waals surface area contributed by atoms with Crippen molar-refractivity contribution in [1.29, 1.82) is 0 Å². The lowest BCUT2D eigenvalue weighted by atomic mass is 10.1. The largest absolute Gasteiger partial charge is 0.236 e. The van der Waals surface area contributed by atoms with Crippen LogP contribution in [0.15, 0.2) is 35.2 Å². The summed E-state index contributed by atoms with van der Waals surface area (Å²) in [7, 11) is 0. The van der Waals surface area contributed by atoms with Gasteiger partial charge in [-0.3, -0.25) is 0 Å². The number of aromatic nitrogens is 2. The molecule has 0 saturated carbocycles. The van der Waals surface area contributed by atoms with Crippen molar-refractivity contribution in [3.8, 4) is 11.3 Å². The molecule has 0 aliphatic carbocycles. The van der Waals surface area contributed by atoms with Gasteiger partial charge in [-0.25, -0.2) is 18.7 Å². The molecule has 0 unspecified atom stereocenters. The second-order valence-electron chi connectivity index (χ2n) is 2.83. The summed E-state index contributed by atoms with van der Waals surface area (Å²) in [5.74, 6) is -1.79. The number of hydrogen-bond donors (Lipinski definition) is 0. The lowest BCUT2D eigenvalue weighted by Crippen LogP contribution is -1.92. The topological polar surface area (TPSA) is 25.8 Å². The maximum atomic E-state index is 13.4. The van der Waals surface area contributed by atoms with Crippen LogP contribution in [0.5, 0.6) is 0 Å². The van der Waals surface area contributed by atoms with Crippen molar-refractivity contribution in [1.82, 2.24) is 9.97 Å². The van der Waals surface area contributed by atoms with Gasteiger partial charge in [-0.15, -0.1) is 0 Å². The molecule has 0 aliphatic heterocycles. The predicted octanol–water partition coefficient (Wildman–Crippen LogP) is 3.18. The zero-order valence-electron chi connectivity index (χ0n) is 7.42. The average Bonchev–Trinajstić information content (AvgIpc) is 2.22. The Labute approximate surface area is 93.1 Å². The zero-order valence-corrected chi connectivity index (χ0v) is 9.00. The van der Waals surface area contributed by atoms with E-state index in [4.69, 9.17) is 0 Å². The van der Waals surface area contributed by atoms with E-state index in [9.17, 15) is 8.78 Å². The van der Waals surface area contributed by atoms with Crippen LogP contribution >= 0.6 is 15.9 Å². The molecule has 0 fully saturated rings. The van der Waals surface area contributed by atoms with Gasteiger partial charge < -0.3 is 0 Å². The summed E-state index contributed by atoms with van der Waals surface area (Å²) in [6.07, 6.45) is 1.28. The Morgan fingerprint density at radius 2 is 1.93 bits per heavy atom. The molecule has 0 N–H and O–H groups in total. The maximum Gasteiger partial charge on any atom is 0.168 e. The van der Waals surface area contributed by atoms with E-state index in [1.165, 1.54) is 24.5 Å². The molecule has 0 aliphatic rings. The molecule has 0 saturated heterocycles. The first-order chi connectivity index (χ1) is 7.18. The highest BCUT2D eigenvalue weighted by Crippen LogP contribution is 2.23. The molecule has 1 aromatic heterocycles. The van der Waals surface area contributed by atoms with Crippen molar-refractivity contribution in [3.63, 3.8) is 0 Å². The van der Waals surface area contributed by atoms with Gasteiger partial charge in [0, 0.05) is 5.56 Å². The van der Waals surface area contributed by atoms with Crippen molar-refractivity contribution in [3.05, 3.63) is 46.8 Å². The van der Waals surface area contributed by atoms with Crippen LogP contribution in [0.4, 0.5) is 8.78 Å². The standard InChI is InChI=1S/C10H5BrF2N2/c11-9-4-8(14-5-15-9)6-2-1-3-7(12)10(6)13/h1-5H. The third-order valence-corrected chi connectivity index (χ3v) is 2.29. The Balaban J connectivity index is 2.59. The van der Waals surface area contributed by atoms with E-state index in [0.29, 0.717) is 10.3 Å². The van der Waals surface area contributed by atoms with Crippen LogP contribution in [-0.2, 0) is 0 Å². The van der Waals surface area contributed by atoms with Crippen molar-refractivity contribution in [2.24, 2.45) is 0 Å². The van der Waals surface area contributed by atoms with Gasteiger partial charge in [0.15, 0.2) is 11.6 Å². The summed E-state index contributed by atoms with van der Waals surface area (Å²) in [6, 6.07) is 5.49. The molecule has 2 rings (SSSR count). The minimum atomic E-state index is -0.900. The molecule has 1 heterocycles. The Morgan fingerprint density at radius 1 is 1.13 bits per heavy atom.